The van der Waals surface area contributed by atoms with E-state index in [0.29, 0.717) is 6.42 Å². The Labute approximate surface area is 142 Å². The van der Waals surface area contributed by atoms with Crippen molar-refractivity contribution in [1.82, 2.24) is 9.47 Å². The van der Waals surface area contributed by atoms with Gasteiger partial charge in [0.25, 0.3) is 0 Å². The van der Waals surface area contributed by atoms with Crippen molar-refractivity contribution < 1.29 is 9.18 Å². The number of carbonyl (C=O) groups excluding carboxylic acids is 1. The first kappa shape index (κ1) is 16.6. The molecular formula is C19H24FN3O. The zero-order valence-corrected chi connectivity index (χ0v) is 14.3. The molecule has 0 radical (unpaired) electrons. The monoisotopic (exact) mass is 329 g/mol. The fourth-order valence-electron chi connectivity index (χ4n) is 3.28. The number of piperazine rings is 1. The first-order valence-electron chi connectivity index (χ1n) is 8.45. The van der Waals surface area contributed by atoms with Gasteiger partial charge in [0.05, 0.1) is 0 Å². The van der Waals surface area contributed by atoms with Crippen molar-refractivity contribution in [2.75, 3.05) is 31.1 Å². The van der Waals surface area contributed by atoms with Gasteiger partial charge < -0.3 is 14.4 Å². The van der Waals surface area contributed by atoms with E-state index < -0.39 is 0 Å². The van der Waals surface area contributed by atoms with Crippen LogP contribution in [-0.4, -0.2) is 41.6 Å². The van der Waals surface area contributed by atoms with Crippen molar-refractivity contribution in [2.24, 2.45) is 0 Å². The maximum Gasteiger partial charge on any atom is 0.224 e. The topological polar surface area (TPSA) is 28.5 Å². The van der Waals surface area contributed by atoms with Gasteiger partial charge in [0.1, 0.15) is 5.82 Å². The van der Waals surface area contributed by atoms with Crippen molar-refractivity contribution >= 4 is 11.6 Å². The number of carbonyl (C=O) groups is 1. The van der Waals surface area contributed by atoms with Crippen LogP contribution in [0.2, 0.25) is 0 Å². The van der Waals surface area contributed by atoms with E-state index in [2.05, 4.69) is 35.4 Å². The first-order valence-corrected chi connectivity index (χ1v) is 8.45. The summed E-state index contributed by atoms with van der Waals surface area (Å²) in [5.41, 5.74) is 3.41. The number of aryl methyl sites for hydroxylation is 2. The molecule has 1 saturated heterocycles. The third-order valence-electron chi connectivity index (χ3n) is 4.79. The second kappa shape index (κ2) is 7.07. The normalized spacial score (nSPS) is 15.0. The molecule has 0 spiro atoms. The third-order valence-corrected chi connectivity index (χ3v) is 4.79. The Bertz CT molecular complexity index is 680. The van der Waals surface area contributed by atoms with E-state index in [0.717, 1.165) is 38.4 Å². The molecular weight excluding hydrogens is 305 g/mol. The summed E-state index contributed by atoms with van der Waals surface area (Å²) >= 11 is 0. The van der Waals surface area contributed by atoms with Crippen LogP contribution in [0.1, 0.15) is 17.8 Å². The summed E-state index contributed by atoms with van der Waals surface area (Å²) in [6.45, 7) is 7.90. The van der Waals surface area contributed by atoms with E-state index in [1.807, 2.05) is 4.90 Å². The number of benzene rings is 1. The summed E-state index contributed by atoms with van der Waals surface area (Å²) in [6, 6.07) is 10.7. The van der Waals surface area contributed by atoms with Crippen LogP contribution < -0.4 is 4.90 Å². The van der Waals surface area contributed by atoms with Crippen LogP contribution >= 0.6 is 0 Å². The maximum atomic E-state index is 13.0. The Morgan fingerprint density at radius 2 is 1.54 bits per heavy atom. The number of hydrogen-bond acceptors (Lipinski definition) is 2. The van der Waals surface area contributed by atoms with E-state index >= 15 is 0 Å². The molecule has 0 N–H and O–H groups in total. The van der Waals surface area contributed by atoms with Crippen molar-refractivity contribution in [3.63, 3.8) is 0 Å². The highest BCUT2D eigenvalue weighted by Gasteiger charge is 2.21. The van der Waals surface area contributed by atoms with Crippen LogP contribution in [0.3, 0.4) is 0 Å². The second-order valence-electron chi connectivity index (χ2n) is 6.36. The van der Waals surface area contributed by atoms with Crippen LogP contribution in [0.25, 0.3) is 0 Å². The smallest absolute Gasteiger partial charge is 0.224 e. The minimum Gasteiger partial charge on any atom is -0.368 e. The highest BCUT2D eigenvalue weighted by molar-refractivity contribution is 5.76. The van der Waals surface area contributed by atoms with Gasteiger partial charge >= 0.3 is 0 Å². The molecule has 0 aliphatic carbocycles. The summed E-state index contributed by atoms with van der Waals surface area (Å²) in [7, 11) is 0. The molecule has 2 aromatic rings. The van der Waals surface area contributed by atoms with Gasteiger partial charge in [0, 0.05) is 56.2 Å². The van der Waals surface area contributed by atoms with E-state index in [9.17, 15) is 9.18 Å². The number of halogens is 1. The summed E-state index contributed by atoms with van der Waals surface area (Å²) in [5.74, 6) is -0.00980. The summed E-state index contributed by atoms with van der Waals surface area (Å²) in [4.78, 5) is 16.6. The number of amides is 1. The van der Waals surface area contributed by atoms with Crippen molar-refractivity contribution in [2.45, 2.75) is 26.8 Å². The van der Waals surface area contributed by atoms with E-state index in [4.69, 9.17) is 0 Å². The number of anilines is 1. The van der Waals surface area contributed by atoms with Crippen molar-refractivity contribution in [3.8, 4) is 0 Å². The minimum absolute atomic E-state index is 0.209. The molecule has 5 heteroatoms. The standard InChI is InChI=1S/C19H24FN3O/c1-15-3-4-16(2)23(15)10-9-19(24)22-13-11-21(12-14-22)18-7-5-17(20)6-8-18/h3-8H,9-14H2,1-2H3. The molecule has 1 aromatic heterocycles. The molecule has 1 aromatic carbocycles. The van der Waals surface area contributed by atoms with Gasteiger partial charge in [-0.3, -0.25) is 4.79 Å². The molecule has 2 heterocycles. The highest BCUT2D eigenvalue weighted by atomic mass is 19.1. The number of nitrogens with zero attached hydrogens (tertiary/aromatic N) is 3. The molecule has 128 valence electrons. The van der Waals surface area contributed by atoms with Crippen molar-refractivity contribution in [1.29, 1.82) is 0 Å². The zero-order chi connectivity index (χ0) is 17.1. The Balaban J connectivity index is 1.51. The Kier molecular flexibility index (Phi) is 4.88. The Hall–Kier alpha value is -2.30. The van der Waals surface area contributed by atoms with E-state index in [1.54, 1.807) is 12.1 Å². The fourth-order valence-corrected chi connectivity index (χ4v) is 3.28. The SMILES string of the molecule is Cc1ccc(C)n1CCC(=O)N1CCN(c2ccc(F)cc2)CC1. The Morgan fingerprint density at radius 1 is 0.958 bits per heavy atom. The van der Waals surface area contributed by atoms with E-state index in [1.165, 1.54) is 23.5 Å². The largest absolute Gasteiger partial charge is 0.368 e. The predicted molar refractivity (Wildman–Crippen MR) is 93.7 cm³/mol. The zero-order valence-electron chi connectivity index (χ0n) is 14.3. The summed E-state index contributed by atoms with van der Waals surface area (Å²) in [5, 5.41) is 0. The molecule has 4 nitrogen and oxygen atoms in total. The molecule has 1 aliphatic heterocycles. The lowest BCUT2D eigenvalue weighted by Crippen LogP contribution is -2.49. The quantitative estimate of drug-likeness (QED) is 0.863. The third kappa shape index (κ3) is 3.61. The molecule has 3 rings (SSSR count). The molecule has 24 heavy (non-hydrogen) atoms. The number of aromatic nitrogens is 1. The lowest BCUT2D eigenvalue weighted by Gasteiger charge is -2.36. The highest BCUT2D eigenvalue weighted by Crippen LogP contribution is 2.17. The predicted octanol–water partition coefficient (Wildman–Crippen LogP) is 2.98. The fraction of sp³-hybridized carbons (Fsp3) is 0.421. The van der Waals surface area contributed by atoms with Gasteiger partial charge in [0.2, 0.25) is 5.91 Å². The molecule has 1 amide bonds. The summed E-state index contributed by atoms with van der Waals surface area (Å²) < 4.78 is 15.2. The molecule has 1 aliphatic rings. The molecule has 0 bridgehead atoms. The van der Waals surface area contributed by atoms with Gasteiger partial charge in [0.15, 0.2) is 0 Å². The van der Waals surface area contributed by atoms with Gasteiger partial charge in [-0.2, -0.15) is 0 Å². The maximum absolute atomic E-state index is 13.0. The lowest BCUT2D eigenvalue weighted by atomic mass is 10.2. The molecule has 0 atom stereocenters. The van der Waals surface area contributed by atoms with Gasteiger partial charge in [-0.15, -0.1) is 0 Å². The second-order valence-corrected chi connectivity index (χ2v) is 6.36. The minimum atomic E-state index is -0.219. The van der Waals surface area contributed by atoms with Crippen LogP contribution in [0.5, 0.6) is 0 Å². The van der Waals surface area contributed by atoms with Crippen LogP contribution in [-0.2, 0) is 11.3 Å². The molecule has 0 saturated carbocycles. The van der Waals surface area contributed by atoms with Crippen LogP contribution in [0.15, 0.2) is 36.4 Å². The lowest BCUT2D eigenvalue weighted by molar-refractivity contribution is -0.131. The number of rotatable bonds is 4. The number of hydrogen-bond donors (Lipinski definition) is 0. The van der Waals surface area contributed by atoms with Gasteiger partial charge in [-0.25, -0.2) is 4.39 Å². The van der Waals surface area contributed by atoms with Crippen molar-refractivity contribution in [3.05, 3.63) is 53.6 Å². The van der Waals surface area contributed by atoms with Gasteiger partial charge in [-0.1, -0.05) is 0 Å². The van der Waals surface area contributed by atoms with Crippen LogP contribution in [0, 0.1) is 19.7 Å². The molecule has 1 fully saturated rings. The Morgan fingerprint density at radius 3 is 2.12 bits per heavy atom. The average molecular weight is 329 g/mol. The molecule has 0 unspecified atom stereocenters. The van der Waals surface area contributed by atoms with Crippen LogP contribution in [0.4, 0.5) is 10.1 Å². The average Bonchev–Trinajstić information content (AvgIpc) is 2.92. The first-order chi connectivity index (χ1) is 11.5. The van der Waals surface area contributed by atoms with Gasteiger partial charge in [-0.05, 0) is 50.2 Å². The summed E-state index contributed by atoms with van der Waals surface area (Å²) in [6.07, 6.45) is 0.535. The van der Waals surface area contributed by atoms with E-state index in [-0.39, 0.29) is 11.7 Å².